The fourth-order valence-corrected chi connectivity index (χ4v) is 1.33. The first-order chi connectivity index (χ1) is 8.22. The van der Waals surface area contributed by atoms with Gasteiger partial charge in [-0.05, 0) is 24.6 Å². The molecule has 0 aliphatic heterocycles. The number of ether oxygens (including phenoxy) is 1. The molecule has 0 bridgehead atoms. The summed E-state index contributed by atoms with van der Waals surface area (Å²) in [7, 11) is 0. The predicted octanol–water partition coefficient (Wildman–Crippen LogP) is 2.22. The van der Waals surface area contributed by atoms with E-state index in [2.05, 4.69) is 10.5 Å². The van der Waals surface area contributed by atoms with E-state index in [-0.39, 0.29) is 5.91 Å². The van der Waals surface area contributed by atoms with Crippen molar-refractivity contribution >= 4 is 23.7 Å². The van der Waals surface area contributed by atoms with Crippen LogP contribution < -0.4 is 5.43 Å². The maximum Gasteiger partial charge on any atom is 0.242 e. The molecule has 0 spiro atoms. The van der Waals surface area contributed by atoms with Gasteiger partial charge in [-0.2, -0.15) is 5.10 Å². The first-order valence-corrected chi connectivity index (χ1v) is 5.75. The molecule has 0 aliphatic rings. The van der Waals surface area contributed by atoms with Crippen molar-refractivity contribution in [2.24, 2.45) is 5.10 Å². The van der Waals surface area contributed by atoms with E-state index in [4.69, 9.17) is 16.3 Å². The van der Waals surface area contributed by atoms with Gasteiger partial charge >= 0.3 is 0 Å². The number of carbonyl (C=O) groups is 1. The lowest BCUT2D eigenvalue weighted by molar-refractivity contribution is -0.122. The van der Waals surface area contributed by atoms with Crippen molar-refractivity contribution in [2.45, 2.75) is 13.3 Å². The first-order valence-electron chi connectivity index (χ1n) is 5.37. The van der Waals surface area contributed by atoms with Crippen molar-refractivity contribution in [1.82, 2.24) is 5.43 Å². The lowest BCUT2D eigenvalue weighted by atomic mass is 10.2. The van der Waals surface area contributed by atoms with Gasteiger partial charge in [-0.3, -0.25) is 4.79 Å². The molecule has 92 valence electrons. The quantitative estimate of drug-likeness (QED) is 0.481. The predicted molar refractivity (Wildman–Crippen MR) is 68.3 cm³/mol. The third-order valence-corrected chi connectivity index (χ3v) is 2.16. The van der Waals surface area contributed by atoms with E-state index >= 15 is 0 Å². The molecule has 0 unspecified atom stereocenters. The van der Waals surface area contributed by atoms with Gasteiger partial charge < -0.3 is 4.74 Å². The van der Waals surface area contributed by atoms with E-state index in [9.17, 15) is 4.79 Å². The zero-order chi connectivity index (χ0) is 12.5. The molecule has 5 heteroatoms. The van der Waals surface area contributed by atoms with Crippen LogP contribution in [0.3, 0.4) is 0 Å². The second-order valence-electron chi connectivity index (χ2n) is 3.30. The number of amides is 1. The number of nitrogens with one attached hydrogen (secondary N) is 1. The van der Waals surface area contributed by atoms with E-state index in [0.717, 1.165) is 5.56 Å². The summed E-state index contributed by atoms with van der Waals surface area (Å²) in [4.78, 5) is 11.2. The Morgan fingerprint density at radius 1 is 1.59 bits per heavy atom. The molecule has 0 saturated heterocycles. The number of halogens is 1. The number of benzene rings is 1. The molecule has 0 heterocycles. The Morgan fingerprint density at radius 2 is 2.41 bits per heavy atom. The molecule has 4 nitrogen and oxygen atoms in total. The summed E-state index contributed by atoms with van der Waals surface area (Å²) in [5.41, 5.74) is 3.25. The monoisotopic (exact) mass is 254 g/mol. The van der Waals surface area contributed by atoms with Gasteiger partial charge in [-0.15, -0.1) is 0 Å². The number of nitrogens with zero attached hydrogens (tertiary/aromatic N) is 1. The van der Waals surface area contributed by atoms with Crippen LogP contribution in [-0.2, 0) is 9.53 Å². The Kier molecular flexibility index (Phi) is 6.29. The molecule has 0 atom stereocenters. The summed E-state index contributed by atoms with van der Waals surface area (Å²) in [5, 5.41) is 4.46. The molecule has 1 rings (SSSR count). The minimum Gasteiger partial charge on any atom is -0.381 e. The highest BCUT2D eigenvalue weighted by Crippen LogP contribution is 2.08. The number of hydrazone groups is 1. The number of carbonyl (C=O) groups excluding carboxylic acids is 1. The van der Waals surface area contributed by atoms with Crippen molar-refractivity contribution < 1.29 is 9.53 Å². The minimum atomic E-state index is -0.170. The standard InChI is InChI=1S/C12H15ClN2O2/c1-2-17-7-6-12(16)15-14-9-10-4-3-5-11(13)8-10/h3-5,8-9H,2,6-7H2,1H3,(H,15,16)/b14-9+. The number of hydrogen-bond donors (Lipinski definition) is 1. The van der Waals surface area contributed by atoms with Crippen LogP contribution in [0.4, 0.5) is 0 Å². The van der Waals surface area contributed by atoms with Gasteiger partial charge in [0, 0.05) is 11.6 Å². The van der Waals surface area contributed by atoms with Crippen molar-refractivity contribution in [1.29, 1.82) is 0 Å². The Bertz CT molecular complexity index is 394. The van der Waals surface area contributed by atoms with E-state index in [1.54, 1.807) is 18.3 Å². The third kappa shape index (κ3) is 6.04. The largest absolute Gasteiger partial charge is 0.381 e. The van der Waals surface area contributed by atoms with Gasteiger partial charge in [0.05, 0.1) is 19.2 Å². The van der Waals surface area contributed by atoms with Gasteiger partial charge in [-0.25, -0.2) is 5.43 Å². The second kappa shape index (κ2) is 7.81. The molecule has 1 aromatic rings. The highest BCUT2D eigenvalue weighted by molar-refractivity contribution is 6.30. The van der Waals surface area contributed by atoms with Crippen LogP contribution in [0, 0.1) is 0 Å². The average Bonchev–Trinajstić information content (AvgIpc) is 2.29. The molecule has 0 radical (unpaired) electrons. The van der Waals surface area contributed by atoms with Crippen LogP contribution in [0.5, 0.6) is 0 Å². The molecular weight excluding hydrogens is 240 g/mol. The zero-order valence-electron chi connectivity index (χ0n) is 9.65. The molecule has 1 amide bonds. The normalized spacial score (nSPS) is 10.7. The fraction of sp³-hybridized carbons (Fsp3) is 0.333. The Labute approximate surface area is 106 Å². The summed E-state index contributed by atoms with van der Waals surface area (Å²) in [6, 6.07) is 7.21. The minimum absolute atomic E-state index is 0.170. The summed E-state index contributed by atoms with van der Waals surface area (Å²) < 4.78 is 5.05. The molecular formula is C12H15ClN2O2. The van der Waals surface area contributed by atoms with Crippen LogP contribution in [0.2, 0.25) is 5.02 Å². The molecule has 0 fully saturated rings. The fourth-order valence-electron chi connectivity index (χ4n) is 1.13. The highest BCUT2D eigenvalue weighted by atomic mass is 35.5. The zero-order valence-corrected chi connectivity index (χ0v) is 10.4. The van der Waals surface area contributed by atoms with Gasteiger partial charge in [0.1, 0.15) is 0 Å². The topological polar surface area (TPSA) is 50.7 Å². The van der Waals surface area contributed by atoms with E-state index in [1.807, 2.05) is 19.1 Å². The van der Waals surface area contributed by atoms with E-state index in [0.29, 0.717) is 24.7 Å². The van der Waals surface area contributed by atoms with Gasteiger partial charge in [0.25, 0.3) is 0 Å². The average molecular weight is 255 g/mol. The van der Waals surface area contributed by atoms with Crippen molar-refractivity contribution in [3.8, 4) is 0 Å². The number of rotatable bonds is 6. The number of hydrogen-bond acceptors (Lipinski definition) is 3. The molecule has 1 N–H and O–H groups in total. The van der Waals surface area contributed by atoms with E-state index < -0.39 is 0 Å². The SMILES string of the molecule is CCOCCC(=O)N/N=C/c1cccc(Cl)c1. The van der Waals surface area contributed by atoms with Gasteiger partial charge in [0.15, 0.2) is 0 Å². The lowest BCUT2D eigenvalue weighted by Crippen LogP contribution is -2.19. The Morgan fingerprint density at radius 3 is 3.12 bits per heavy atom. The molecule has 0 aromatic heterocycles. The van der Waals surface area contributed by atoms with Gasteiger partial charge in [0.2, 0.25) is 5.91 Å². The Hall–Kier alpha value is -1.39. The summed E-state index contributed by atoms with van der Waals surface area (Å²) >= 11 is 5.81. The van der Waals surface area contributed by atoms with Crippen LogP contribution in [0.1, 0.15) is 18.9 Å². The molecule has 1 aromatic carbocycles. The van der Waals surface area contributed by atoms with Gasteiger partial charge in [-0.1, -0.05) is 23.7 Å². The summed E-state index contributed by atoms with van der Waals surface area (Å²) in [6.45, 7) is 2.91. The Balaban J connectivity index is 2.32. The molecule has 17 heavy (non-hydrogen) atoms. The lowest BCUT2D eigenvalue weighted by Gasteiger charge is -2.00. The highest BCUT2D eigenvalue weighted by Gasteiger charge is 1.98. The van der Waals surface area contributed by atoms with Crippen LogP contribution in [0.25, 0.3) is 0 Å². The van der Waals surface area contributed by atoms with E-state index in [1.165, 1.54) is 0 Å². The van der Waals surface area contributed by atoms with Crippen LogP contribution in [-0.4, -0.2) is 25.3 Å². The molecule has 0 saturated carbocycles. The summed E-state index contributed by atoms with van der Waals surface area (Å²) in [6.07, 6.45) is 1.85. The van der Waals surface area contributed by atoms with Crippen LogP contribution in [0.15, 0.2) is 29.4 Å². The maximum atomic E-state index is 11.2. The summed E-state index contributed by atoms with van der Waals surface area (Å²) in [5.74, 6) is -0.170. The van der Waals surface area contributed by atoms with Crippen molar-refractivity contribution in [2.75, 3.05) is 13.2 Å². The van der Waals surface area contributed by atoms with Crippen molar-refractivity contribution in [3.05, 3.63) is 34.9 Å². The first kappa shape index (κ1) is 13.7. The van der Waals surface area contributed by atoms with Crippen LogP contribution >= 0.6 is 11.6 Å². The maximum absolute atomic E-state index is 11.2. The third-order valence-electron chi connectivity index (χ3n) is 1.93. The molecule has 0 aliphatic carbocycles. The second-order valence-corrected chi connectivity index (χ2v) is 3.73. The smallest absolute Gasteiger partial charge is 0.242 e. The van der Waals surface area contributed by atoms with Crippen molar-refractivity contribution in [3.63, 3.8) is 0 Å².